The molecule has 2 unspecified atom stereocenters. The van der Waals surface area contributed by atoms with Crippen LogP contribution in [0.1, 0.15) is 41.4 Å². The lowest BCUT2D eigenvalue weighted by molar-refractivity contribution is -0.123. The van der Waals surface area contributed by atoms with Gasteiger partial charge in [0, 0.05) is 17.5 Å². The summed E-state index contributed by atoms with van der Waals surface area (Å²) in [6.45, 7) is 2.90. The lowest BCUT2D eigenvalue weighted by Crippen LogP contribution is -2.40. The van der Waals surface area contributed by atoms with Gasteiger partial charge in [-0.05, 0) is 42.3 Å². The number of hydrogen-bond acceptors (Lipinski definition) is 4. The molecule has 1 amide bonds. The normalized spacial score (nSPS) is 17.7. The maximum absolute atomic E-state index is 12.5. The van der Waals surface area contributed by atoms with Crippen LogP contribution < -0.4 is 5.32 Å². The molecule has 128 valence electrons. The molecule has 2 atom stereocenters. The van der Waals surface area contributed by atoms with Gasteiger partial charge < -0.3 is 10.4 Å². The highest BCUT2D eigenvalue weighted by molar-refractivity contribution is 7.10. The van der Waals surface area contributed by atoms with Gasteiger partial charge in [-0.2, -0.15) is 0 Å². The predicted octanol–water partition coefficient (Wildman–Crippen LogP) is 2.91. The Bertz CT molecular complexity index is 672. The number of amides is 1. The molecule has 0 saturated carbocycles. The second-order valence-electron chi connectivity index (χ2n) is 6.25. The number of thiophene rings is 1. The number of nitrogens with zero attached hydrogens (tertiary/aromatic N) is 1. The Labute approximate surface area is 147 Å². The molecule has 0 radical (unpaired) electrons. The van der Waals surface area contributed by atoms with E-state index >= 15 is 0 Å². The van der Waals surface area contributed by atoms with E-state index in [1.165, 1.54) is 11.1 Å². The number of fused-ring (bicyclic) bond motifs is 1. The SMILES string of the molecule is CC(NC(=O)CN(CCO)C1CCc2ccccc21)c1cccs1. The minimum atomic E-state index is 0.00808. The standard InChI is InChI=1S/C19H24N2O2S/c1-14(18-7-4-12-24-18)20-19(23)13-21(10-11-22)17-9-8-15-5-2-3-6-16(15)17/h2-7,12,14,17,22H,8-11,13H2,1H3,(H,20,23). The molecule has 2 aromatic rings. The number of benzene rings is 1. The summed E-state index contributed by atoms with van der Waals surface area (Å²) < 4.78 is 0. The van der Waals surface area contributed by atoms with E-state index in [-0.39, 0.29) is 24.6 Å². The van der Waals surface area contributed by atoms with Crippen LogP contribution in [-0.2, 0) is 11.2 Å². The molecule has 0 saturated heterocycles. The van der Waals surface area contributed by atoms with Gasteiger partial charge in [-0.15, -0.1) is 11.3 Å². The number of aliphatic hydroxyl groups excluding tert-OH is 1. The van der Waals surface area contributed by atoms with Gasteiger partial charge in [0.25, 0.3) is 0 Å². The molecule has 0 spiro atoms. The third kappa shape index (κ3) is 3.86. The summed E-state index contributed by atoms with van der Waals surface area (Å²) in [6.07, 6.45) is 2.04. The van der Waals surface area contributed by atoms with E-state index in [4.69, 9.17) is 0 Å². The molecule has 1 aromatic carbocycles. The van der Waals surface area contributed by atoms with Crippen LogP contribution >= 0.6 is 11.3 Å². The van der Waals surface area contributed by atoms with E-state index in [1.807, 2.05) is 30.5 Å². The number of hydrogen-bond donors (Lipinski definition) is 2. The maximum Gasteiger partial charge on any atom is 0.234 e. The molecule has 0 aliphatic heterocycles. The van der Waals surface area contributed by atoms with Crippen molar-refractivity contribution in [3.8, 4) is 0 Å². The predicted molar refractivity (Wildman–Crippen MR) is 97.0 cm³/mol. The average Bonchev–Trinajstić information content (AvgIpc) is 3.24. The van der Waals surface area contributed by atoms with Gasteiger partial charge in [0.05, 0.1) is 19.2 Å². The topological polar surface area (TPSA) is 52.6 Å². The van der Waals surface area contributed by atoms with Gasteiger partial charge in [-0.3, -0.25) is 9.69 Å². The first-order valence-corrected chi connectivity index (χ1v) is 9.32. The highest BCUT2D eigenvalue weighted by Gasteiger charge is 2.28. The Hall–Kier alpha value is -1.69. The van der Waals surface area contributed by atoms with E-state index in [0.717, 1.165) is 17.7 Å². The van der Waals surface area contributed by atoms with Crippen LogP contribution in [0.2, 0.25) is 0 Å². The van der Waals surface area contributed by atoms with Gasteiger partial charge in [0.2, 0.25) is 5.91 Å². The van der Waals surface area contributed by atoms with Crippen LogP contribution in [0.5, 0.6) is 0 Å². The summed E-state index contributed by atoms with van der Waals surface area (Å²) >= 11 is 1.65. The third-order valence-corrected chi connectivity index (χ3v) is 5.68. The molecule has 1 aliphatic rings. The first-order valence-electron chi connectivity index (χ1n) is 8.44. The molecule has 1 heterocycles. The third-order valence-electron chi connectivity index (χ3n) is 4.62. The second kappa shape index (κ2) is 7.92. The molecule has 0 bridgehead atoms. The number of rotatable bonds is 7. The van der Waals surface area contributed by atoms with Crippen molar-refractivity contribution in [2.75, 3.05) is 19.7 Å². The summed E-state index contributed by atoms with van der Waals surface area (Å²) in [6, 6.07) is 12.7. The number of nitrogens with one attached hydrogen (secondary N) is 1. The van der Waals surface area contributed by atoms with Crippen LogP contribution in [0, 0.1) is 0 Å². The maximum atomic E-state index is 12.5. The summed E-state index contributed by atoms with van der Waals surface area (Å²) in [5, 5.41) is 14.5. The zero-order valence-electron chi connectivity index (χ0n) is 13.9. The van der Waals surface area contributed by atoms with Crippen molar-refractivity contribution in [3.63, 3.8) is 0 Å². The first kappa shape index (κ1) is 17.1. The molecule has 2 N–H and O–H groups in total. The van der Waals surface area contributed by atoms with Crippen molar-refractivity contribution in [2.24, 2.45) is 0 Å². The van der Waals surface area contributed by atoms with E-state index in [0.29, 0.717) is 13.1 Å². The molecular formula is C19H24N2O2S. The zero-order chi connectivity index (χ0) is 16.9. The average molecular weight is 344 g/mol. The fourth-order valence-electron chi connectivity index (χ4n) is 3.47. The monoisotopic (exact) mass is 344 g/mol. The number of aliphatic hydroxyl groups is 1. The highest BCUT2D eigenvalue weighted by atomic mass is 32.1. The van der Waals surface area contributed by atoms with Crippen LogP contribution in [0.3, 0.4) is 0 Å². The van der Waals surface area contributed by atoms with Crippen LogP contribution in [0.4, 0.5) is 0 Å². The van der Waals surface area contributed by atoms with Gasteiger partial charge in [0.15, 0.2) is 0 Å². The lowest BCUT2D eigenvalue weighted by Gasteiger charge is -2.29. The van der Waals surface area contributed by atoms with Crippen molar-refractivity contribution >= 4 is 17.2 Å². The lowest BCUT2D eigenvalue weighted by atomic mass is 10.1. The van der Waals surface area contributed by atoms with Gasteiger partial charge >= 0.3 is 0 Å². The van der Waals surface area contributed by atoms with Crippen LogP contribution in [-0.4, -0.2) is 35.6 Å². The second-order valence-corrected chi connectivity index (χ2v) is 7.23. The van der Waals surface area contributed by atoms with E-state index < -0.39 is 0 Å². The summed E-state index contributed by atoms with van der Waals surface area (Å²) in [5.41, 5.74) is 2.66. The fraction of sp³-hybridized carbons (Fsp3) is 0.421. The summed E-state index contributed by atoms with van der Waals surface area (Å²) in [4.78, 5) is 15.7. The molecule has 4 nitrogen and oxygen atoms in total. The Balaban J connectivity index is 1.65. The molecule has 3 rings (SSSR count). The number of aryl methyl sites for hydroxylation is 1. The number of carbonyl (C=O) groups is 1. The smallest absolute Gasteiger partial charge is 0.234 e. The van der Waals surface area contributed by atoms with Crippen LogP contribution in [0.15, 0.2) is 41.8 Å². The van der Waals surface area contributed by atoms with Crippen molar-refractivity contribution < 1.29 is 9.90 Å². The van der Waals surface area contributed by atoms with Gasteiger partial charge in [-0.25, -0.2) is 0 Å². The molecule has 1 aromatic heterocycles. The zero-order valence-corrected chi connectivity index (χ0v) is 14.8. The van der Waals surface area contributed by atoms with Crippen LogP contribution in [0.25, 0.3) is 0 Å². The molecule has 24 heavy (non-hydrogen) atoms. The number of carbonyl (C=O) groups excluding carboxylic acids is 1. The van der Waals surface area contributed by atoms with E-state index in [9.17, 15) is 9.90 Å². The van der Waals surface area contributed by atoms with Gasteiger partial charge in [-0.1, -0.05) is 30.3 Å². The van der Waals surface area contributed by atoms with Crippen molar-refractivity contribution in [1.29, 1.82) is 0 Å². The first-order chi connectivity index (χ1) is 11.7. The molecule has 1 aliphatic carbocycles. The molecule has 5 heteroatoms. The van der Waals surface area contributed by atoms with E-state index in [2.05, 4.69) is 28.4 Å². The summed E-state index contributed by atoms with van der Waals surface area (Å²) in [7, 11) is 0. The highest BCUT2D eigenvalue weighted by Crippen LogP contribution is 2.35. The Kier molecular flexibility index (Phi) is 5.66. The van der Waals surface area contributed by atoms with Crippen molar-refractivity contribution in [2.45, 2.75) is 31.8 Å². The Morgan fingerprint density at radius 1 is 1.38 bits per heavy atom. The fourth-order valence-corrected chi connectivity index (χ4v) is 4.20. The van der Waals surface area contributed by atoms with E-state index in [1.54, 1.807) is 11.3 Å². The Morgan fingerprint density at radius 3 is 2.96 bits per heavy atom. The van der Waals surface area contributed by atoms with Crippen molar-refractivity contribution in [1.82, 2.24) is 10.2 Å². The minimum Gasteiger partial charge on any atom is -0.395 e. The quantitative estimate of drug-likeness (QED) is 0.812. The van der Waals surface area contributed by atoms with Crippen molar-refractivity contribution in [3.05, 3.63) is 57.8 Å². The Morgan fingerprint density at radius 2 is 2.21 bits per heavy atom. The minimum absolute atomic E-state index is 0.00808. The largest absolute Gasteiger partial charge is 0.395 e. The van der Waals surface area contributed by atoms with Gasteiger partial charge in [0.1, 0.15) is 0 Å². The summed E-state index contributed by atoms with van der Waals surface area (Å²) in [5.74, 6) is 0.00808. The molecular weight excluding hydrogens is 320 g/mol. The molecule has 0 fully saturated rings.